The normalized spacial score (nSPS) is 26.4. The summed E-state index contributed by atoms with van der Waals surface area (Å²) < 4.78 is 0.797. The van der Waals surface area contributed by atoms with E-state index in [9.17, 15) is 4.79 Å². The minimum atomic E-state index is -0.334. The molecule has 20 heavy (non-hydrogen) atoms. The maximum Gasteiger partial charge on any atom is 0.227 e. The Balaban J connectivity index is 1.83. The molecule has 0 aromatic carbocycles. The van der Waals surface area contributed by atoms with Gasteiger partial charge in [-0.15, -0.1) is 11.3 Å². The van der Waals surface area contributed by atoms with Crippen molar-refractivity contribution in [3.8, 4) is 0 Å². The monoisotopic (exact) mass is 314 g/mol. The van der Waals surface area contributed by atoms with Crippen LogP contribution in [0.4, 0.5) is 0 Å². The van der Waals surface area contributed by atoms with Gasteiger partial charge < -0.3 is 11.1 Å². The van der Waals surface area contributed by atoms with Gasteiger partial charge in [0.15, 0.2) is 0 Å². The third-order valence-electron chi connectivity index (χ3n) is 4.39. The van der Waals surface area contributed by atoms with E-state index in [1.807, 2.05) is 12.1 Å². The summed E-state index contributed by atoms with van der Waals surface area (Å²) in [6.07, 6.45) is 4.87. The van der Waals surface area contributed by atoms with Crippen molar-refractivity contribution in [3.63, 3.8) is 0 Å². The number of carbonyl (C=O) groups excluding carboxylic acids is 1. The lowest BCUT2D eigenvalue weighted by Crippen LogP contribution is -2.48. The van der Waals surface area contributed by atoms with E-state index in [-0.39, 0.29) is 11.3 Å². The molecule has 1 heterocycles. The summed E-state index contributed by atoms with van der Waals surface area (Å²) in [7, 11) is 0. The molecule has 0 aliphatic heterocycles. The quantitative estimate of drug-likeness (QED) is 0.876. The zero-order valence-corrected chi connectivity index (χ0v) is 13.5. The van der Waals surface area contributed by atoms with Crippen LogP contribution in [0.3, 0.4) is 0 Å². The molecule has 0 saturated heterocycles. The molecule has 1 aromatic heterocycles. The van der Waals surface area contributed by atoms with Crippen LogP contribution in [0.5, 0.6) is 0 Å². The maximum atomic E-state index is 12.4. The first-order chi connectivity index (χ1) is 9.55. The number of hydrogen-bond acceptors (Lipinski definition) is 3. The molecule has 2 rings (SSSR count). The van der Waals surface area contributed by atoms with Crippen molar-refractivity contribution in [1.82, 2.24) is 5.32 Å². The lowest BCUT2D eigenvalue weighted by Gasteiger charge is -2.37. The summed E-state index contributed by atoms with van der Waals surface area (Å²) >= 11 is 7.47. The molecule has 1 saturated carbocycles. The fraction of sp³-hybridized carbons (Fsp3) is 0.667. The Morgan fingerprint density at radius 1 is 1.50 bits per heavy atom. The Hall–Kier alpha value is -0.580. The Kier molecular flexibility index (Phi) is 5.47. The highest BCUT2D eigenvalue weighted by Gasteiger charge is 2.39. The van der Waals surface area contributed by atoms with Gasteiger partial charge in [0.05, 0.1) is 9.75 Å². The molecule has 1 amide bonds. The predicted molar refractivity (Wildman–Crippen MR) is 85.2 cm³/mol. The summed E-state index contributed by atoms with van der Waals surface area (Å²) in [6, 6.07) is 3.91. The van der Waals surface area contributed by atoms with Crippen molar-refractivity contribution in [2.24, 2.45) is 17.1 Å². The van der Waals surface area contributed by atoms with Gasteiger partial charge in [0.25, 0.3) is 0 Å². The summed E-state index contributed by atoms with van der Waals surface area (Å²) in [5, 5.41) is 3.06. The highest BCUT2D eigenvalue weighted by Crippen LogP contribution is 2.38. The van der Waals surface area contributed by atoms with Gasteiger partial charge in [-0.25, -0.2) is 0 Å². The first-order valence-electron chi connectivity index (χ1n) is 7.28. The van der Waals surface area contributed by atoms with Crippen molar-refractivity contribution in [1.29, 1.82) is 0 Å². The second kappa shape index (κ2) is 6.92. The number of halogens is 1. The lowest BCUT2D eigenvalue weighted by molar-refractivity contribution is -0.132. The van der Waals surface area contributed by atoms with Gasteiger partial charge in [-0.3, -0.25) is 4.79 Å². The van der Waals surface area contributed by atoms with Crippen LogP contribution in [-0.2, 0) is 11.2 Å². The second-order valence-corrected chi connectivity index (χ2v) is 7.68. The standard InChI is InChI=1S/C15H23ClN2OS/c1-11-4-7-15(10-17,8-5-11)14(19)18-9-6-12-2-3-13(16)20-12/h2-3,11H,4-10,17H2,1H3,(H,18,19). The smallest absolute Gasteiger partial charge is 0.227 e. The average Bonchev–Trinajstić information content (AvgIpc) is 2.85. The molecule has 0 bridgehead atoms. The molecule has 0 unspecified atom stereocenters. The number of hydrogen-bond donors (Lipinski definition) is 2. The molecule has 112 valence electrons. The van der Waals surface area contributed by atoms with E-state index in [0.717, 1.165) is 42.4 Å². The van der Waals surface area contributed by atoms with Crippen LogP contribution in [0.25, 0.3) is 0 Å². The molecule has 1 aromatic rings. The molecule has 0 atom stereocenters. The Bertz CT molecular complexity index is 452. The molecule has 3 nitrogen and oxygen atoms in total. The number of nitrogens with one attached hydrogen (secondary N) is 1. The maximum absolute atomic E-state index is 12.4. The fourth-order valence-electron chi connectivity index (χ4n) is 2.81. The van der Waals surface area contributed by atoms with Crippen molar-refractivity contribution in [2.75, 3.05) is 13.1 Å². The third kappa shape index (κ3) is 3.74. The lowest BCUT2D eigenvalue weighted by atomic mass is 9.70. The largest absolute Gasteiger partial charge is 0.355 e. The van der Waals surface area contributed by atoms with Gasteiger partial charge in [0, 0.05) is 18.0 Å². The molecule has 3 N–H and O–H groups in total. The first kappa shape index (κ1) is 15.8. The molecule has 1 aliphatic carbocycles. The van der Waals surface area contributed by atoms with Gasteiger partial charge >= 0.3 is 0 Å². The van der Waals surface area contributed by atoms with Crippen LogP contribution < -0.4 is 11.1 Å². The topological polar surface area (TPSA) is 55.1 Å². The third-order valence-corrected chi connectivity index (χ3v) is 5.68. The van der Waals surface area contributed by atoms with Crippen LogP contribution in [0.1, 0.15) is 37.5 Å². The SMILES string of the molecule is CC1CCC(CN)(C(=O)NCCc2ccc(Cl)s2)CC1. The van der Waals surface area contributed by atoms with E-state index in [1.54, 1.807) is 11.3 Å². The Labute approximate surface area is 129 Å². The molecule has 1 aliphatic rings. The zero-order valence-electron chi connectivity index (χ0n) is 12.0. The summed E-state index contributed by atoms with van der Waals surface area (Å²) in [6.45, 7) is 3.36. The van der Waals surface area contributed by atoms with Gasteiger partial charge in [0.2, 0.25) is 5.91 Å². The molecule has 5 heteroatoms. The fourth-order valence-corrected chi connectivity index (χ4v) is 3.90. The van der Waals surface area contributed by atoms with Crippen LogP contribution in [-0.4, -0.2) is 19.0 Å². The van der Waals surface area contributed by atoms with E-state index in [1.165, 1.54) is 4.88 Å². The van der Waals surface area contributed by atoms with Crippen LogP contribution in [0.15, 0.2) is 12.1 Å². The number of carbonyl (C=O) groups is 1. The second-order valence-electron chi connectivity index (χ2n) is 5.88. The minimum Gasteiger partial charge on any atom is -0.355 e. The number of rotatable bonds is 5. The molecule has 0 radical (unpaired) electrons. The van der Waals surface area contributed by atoms with Crippen molar-refractivity contribution in [2.45, 2.75) is 39.0 Å². The number of thiophene rings is 1. The van der Waals surface area contributed by atoms with Gasteiger partial charge in [0.1, 0.15) is 0 Å². The average molecular weight is 315 g/mol. The van der Waals surface area contributed by atoms with Crippen molar-refractivity contribution < 1.29 is 4.79 Å². The zero-order chi connectivity index (χ0) is 14.6. The van der Waals surface area contributed by atoms with Gasteiger partial charge in [-0.2, -0.15) is 0 Å². The van der Waals surface area contributed by atoms with Crippen molar-refractivity contribution in [3.05, 3.63) is 21.3 Å². The van der Waals surface area contributed by atoms with E-state index in [0.29, 0.717) is 13.1 Å². The van der Waals surface area contributed by atoms with E-state index >= 15 is 0 Å². The molecule has 1 fully saturated rings. The number of amides is 1. The minimum absolute atomic E-state index is 0.134. The number of nitrogens with two attached hydrogens (primary N) is 1. The first-order valence-corrected chi connectivity index (χ1v) is 8.48. The summed E-state index contributed by atoms with van der Waals surface area (Å²) in [5.41, 5.74) is 5.56. The Morgan fingerprint density at radius 2 is 2.20 bits per heavy atom. The van der Waals surface area contributed by atoms with Crippen LogP contribution in [0.2, 0.25) is 4.34 Å². The van der Waals surface area contributed by atoms with Crippen LogP contribution >= 0.6 is 22.9 Å². The van der Waals surface area contributed by atoms with E-state index < -0.39 is 0 Å². The predicted octanol–water partition coefficient (Wildman–Crippen LogP) is 3.22. The molecular weight excluding hydrogens is 292 g/mol. The van der Waals surface area contributed by atoms with Gasteiger partial charge in [-0.05, 0) is 50.2 Å². The summed E-state index contributed by atoms with van der Waals surface area (Å²) in [4.78, 5) is 13.6. The highest BCUT2D eigenvalue weighted by molar-refractivity contribution is 7.16. The van der Waals surface area contributed by atoms with Crippen molar-refractivity contribution >= 4 is 28.8 Å². The van der Waals surface area contributed by atoms with E-state index in [4.69, 9.17) is 17.3 Å². The highest BCUT2D eigenvalue weighted by atomic mass is 35.5. The van der Waals surface area contributed by atoms with Gasteiger partial charge in [-0.1, -0.05) is 18.5 Å². The molecule has 0 spiro atoms. The molecular formula is C15H23ClN2OS. The summed E-state index contributed by atoms with van der Waals surface area (Å²) in [5.74, 6) is 0.852. The van der Waals surface area contributed by atoms with E-state index in [2.05, 4.69) is 12.2 Å². The Morgan fingerprint density at radius 3 is 2.75 bits per heavy atom. The van der Waals surface area contributed by atoms with Crippen LogP contribution in [0, 0.1) is 11.3 Å².